The summed E-state index contributed by atoms with van der Waals surface area (Å²) in [6.07, 6.45) is 10.8. The van der Waals surface area contributed by atoms with Crippen LogP contribution in [-0.2, 0) is 4.74 Å². The molecule has 0 aromatic carbocycles. The molecule has 3 nitrogen and oxygen atoms in total. The number of nitrogens with one attached hydrogen (secondary N) is 1. The first kappa shape index (κ1) is 14.8. The van der Waals surface area contributed by atoms with Crippen LogP contribution >= 0.6 is 0 Å². The van der Waals surface area contributed by atoms with E-state index in [-0.39, 0.29) is 0 Å². The second kappa shape index (κ2) is 5.94. The van der Waals surface area contributed by atoms with E-state index in [4.69, 9.17) is 4.74 Å². The van der Waals surface area contributed by atoms with E-state index in [9.17, 15) is 0 Å². The third kappa shape index (κ3) is 2.53. The number of ether oxygens (including phenoxy) is 1. The number of rotatable bonds is 3. The molecule has 0 bridgehead atoms. The van der Waals surface area contributed by atoms with E-state index < -0.39 is 0 Å². The van der Waals surface area contributed by atoms with Gasteiger partial charge < -0.3 is 10.1 Å². The Morgan fingerprint density at radius 3 is 2.50 bits per heavy atom. The van der Waals surface area contributed by atoms with Gasteiger partial charge in [-0.05, 0) is 32.1 Å². The largest absolute Gasteiger partial charge is 0.380 e. The van der Waals surface area contributed by atoms with E-state index in [1.54, 1.807) is 0 Å². The van der Waals surface area contributed by atoms with E-state index in [2.05, 4.69) is 24.1 Å². The van der Waals surface area contributed by atoms with Gasteiger partial charge in [0.2, 0.25) is 0 Å². The van der Waals surface area contributed by atoms with Crippen LogP contribution in [0.2, 0.25) is 0 Å². The first-order valence-electron chi connectivity index (χ1n) is 8.83. The lowest BCUT2D eigenvalue weighted by atomic mass is 9.74. The van der Waals surface area contributed by atoms with E-state index >= 15 is 0 Å². The molecule has 1 spiro atoms. The second-order valence-corrected chi connectivity index (χ2v) is 7.27. The van der Waals surface area contributed by atoms with Gasteiger partial charge in [-0.3, -0.25) is 4.90 Å². The summed E-state index contributed by atoms with van der Waals surface area (Å²) < 4.78 is 5.72. The minimum Gasteiger partial charge on any atom is -0.380 e. The van der Waals surface area contributed by atoms with Crippen molar-refractivity contribution in [3.05, 3.63) is 0 Å². The monoisotopic (exact) mass is 280 g/mol. The molecule has 3 fully saturated rings. The van der Waals surface area contributed by atoms with E-state index in [1.807, 2.05) is 0 Å². The zero-order chi connectivity index (χ0) is 14.1. The minimum absolute atomic E-state index is 0.339. The molecular weight excluding hydrogens is 248 g/mol. The maximum absolute atomic E-state index is 5.72. The van der Waals surface area contributed by atoms with E-state index in [1.165, 1.54) is 64.5 Å². The zero-order valence-electron chi connectivity index (χ0n) is 13.4. The summed E-state index contributed by atoms with van der Waals surface area (Å²) >= 11 is 0. The molecule has 3 aliphatic rings. The van der Waals surface area contributed by atoms with E-state index in [0.717, 1.165) is 13.2 Å². The lowest BCUT2D eigenvalue weighted by Gasteiger charge is -2.58. The molecule has 1 saturated carbocycles. The molecule has 1 N–H and O–H groups in total. The molecule has 0 amide bonds. The Labute approximate surface area is 124 Å². The Balaban J connectivity index is 1.83. The molecule has 0 aromatic rings. The average molecular weight is 280 g/mol. The molecule has 2 saturated heterocycles. The number of nitrogens with zero attached hydrogens (tertiary/aromatic N) is 1. The molecule has 3 rings (SSSR count). The smallest absolute Gasteiger partial charge is 0.0622 e. The molecule has 1 unspecified atom stereocenters. The van der Waals surface area contributed by atoms with Crippen molar-refractivity contribution in [1.29, 1.82) is 0 Å². The van der Waals surface area contributed by atoms with Gasteiger partial charge in [-0.1, -0.05) is 33.1 Å². The molecule has 2 heterocycles. The summed E-state index contributed by atoms with van der Waals surface area (Å²) in [5.74, 6) is 0. The first-order valence-corrected chi connectivity index (χ1v) is 8.83. The van der Waals surface area contributed by atoms with Crippen molar-refractivity contribution >= 4 is 0 Å². The highest BCUT2D eigenvalue weighted by Crippen LogP contribution is 2.40. The van der Waals surface area contributed by atoms with Crippen LogP contribution in [0.5, 0.6) is 0 Å². The summed E-state index contributed by atoms with van der Waals surface area (Å²) in [5, 5.41) is 3.96. The van der Waals surface area contributed by atoms with Crippen molar-refractivity contribution in [1.82, 2.24) is 10.2 Å². The van der Waals surface area contributed by atoms with Gasteiger partial charge in [0, 0.05) is 36.8 Å². The fraction of sp³-hybridized carbons (Fsp3) is 1.00. The molecule has 2 aliphatic heterocycles. The molecule has 3 heteroatoms. The molecule has 116 valence electrons. The van der Waals surface area contributed by atoms with Crippen molar-refractivity contribution in [2.45, 2.75) is 82.3 Å². The molecule has 1 atom stereocenters. The average Bonchev–Trinajstić information content (AvgIpc) is 3.03. The van der Waals surface area contributed by atoms with Crippen molar-refractivity contribution in [2.75, 3.05) is 26.3 Å². The number of piperazine rings is 1. The van der Waals surface area contributed by atoms with E-state index in [0.29, 0.717) is 17.1 Å². The van der Waals surface area contributed by atoms with Crippen LogP contribution in [0.4, 0.5) is 0 Å². The number of hydrogen-bond donors (Lipinski definition) is 1. The third-order valence-corrected chi connectivity index (χ3v) is 6.36. The highest BCUT2D eigenvalue weighted by atomic mass is 16.5. The van der Waals surface area contributed by atoms with Gasteiger partial charge in [0.1, 0.15) is 0 Å². The quantitative estimate of drug-likeness (QED) is 0.860. The van der Waals surface area contributed by atoms with Gasteiger partial charge in [0.05, 0.1) is 6.61 Å². The summed E-state index contributed by atoms with van der Waals surface area (Å²) in [6.45, 7) is 9.05. The Hall–Kier alpha value is -0.120. The number of hydrogen-bond acceptors (Lipinski definition) is 3. The normalized spacial score (nSPS) is 33.6. The highest BCUT2D eigenvalue weighted by molar-refractivity contribution is 5.07. The van der Waals surface area contributed by atoms with Crippen molar-refractivity contribution in [3.63, 3.8) is 0 Å². The lowest BCUT2D eigenvalue weighted by molar-refractivity contribution is -0.0512. The van der Waals surface area contributed by atoms with Crippen LogP contribution in [0.15, 0.2) is 0 Å². The summed E-state index contributed by atoms with van der Waals surface area (Å²) in [5.41, 5.74) is 0.774. The van der Waals surface area contributed by atoms with Crippen LogP contribution in [0, 0.1) is 0 Å². The third-order valence-electron chi connectivity index (χ3n) is 6.36. The predicted molar refractivity (Wildman–Crippen MR) is 83.1 cm³/mol. The predicted octanol–water partition coefficient (Wildman–Crippen LogP) is 2.94. The maximum Gasteiger partial charge on any atom is 0.0622 e. The first-order chi connectivity index (χ1) is 9.74. The Morgan fingerprint density at radius 1 is 1.15 bits per heavy atom. The van der Waals surface area contributed by atoms with Gasteiger partial charge in [-0.25, -0.2) is 0 Å². The van der Waals surface area contributed by atoms with Crippen LogP contribution in [0.25, 0.3) is 0 Å². The van der Waals surface area contributed by atoms with Crippen molar-refractivity contribution in [2.24, 2.45) is 0 Å². The van der Waals surface area contributed by atoms with Gasteiger partial charge in [0.15, 0.2) is 0 Å². The van der Waals surface area contributed by atoms with Gasteiger partial charge in [0.25, 0.3) is 0 Å². The highest BCUT2D eigenvalue weighted by Gasteiger charge is 2.49. The SMILES string of the molecule is CCC1(CC)CN(C2CCOC2)C2(CCCCC2)CN1. The lowest BCUT2D eigenvalue weighted by Crippen LogP contribution is -2.72. The fourth-order valence-electron chi connectivity index (χ4n) is 4.69. The molecule has 1 aliphatic carbocycles. The Morgan fingerprint density at radius 2 is 1.90 bits per heavy atom. The Bertz CT molecular complexity index is 315. The molecular formula is C17H32N2O. The van der Waals surface area contributed by atoms with Crippen LogP contribution in [-0.4, -0.2) is 48.3 Å². The van der Waals surface area contributed by atoms with Gasteiger partial charge >= 0.3 is 0 Å². The standard InChI is InChI=1S/C17H32N2O/c1-3-16(4-2)14-19(15-8-11-20-12-15)17(13-18-16)9-6-5-7-10-17/h15,18H,3-14H2,1-2H3. The fourth-order valence-corrected chi connectivity index (χ4v) is 4.69. The van der Waals surface area contributed by atoms with Crippen LogP contribution in [0.3, 0.4) is 0 Å². The summed E-state index contributed by atoms with van der Waals surface area (Å²) in [6, 6.07) is 0.674. The Kier molecular flexibility index (Phi) is 4.40. The molecule has 0 aromatic heterocycles. The summed E-state index contributed by atoms with van der Waals surface area (Å²) in [4.78, 5) is 2.89. The minimum atomic E-state index is 0.339. The maximum atomic E-state index is 5.72. The van der Waals surface area contributed by atoms with Crippen LogP contribution in [0.1, 0.15) is 65.2 Å². The van der Waals surface area contributed by atoms with Crippen LogP contribution < -0.4 is 5.32 Å². The van der Waals surface area contributed by atoms with Gasteiger partial charge in [-0.15, -0.1) is 0 Å². The molecule has 20 heavy (non-hydrogen) atoms. The topological polar surface area (TPSA) is 24.5 Å². The summed E-state index contributed by atoms with van der Waals surface area (Å²) in [7, 11) is 0. The van der Waals surface area contributed by atoms with Gasteiger partial charge in [-0.2, -0.15) is 0 Å². The second-order valence-electron chi connectivity index (χ2n) is 7.27. The van der Waals surface area contributed by atoms with Crippen molar-refractivity contribution < 1.29 is 4.74 Å². The molecule has 0 radical (unpaired) electrons. The zero-order valence-corrected chi connectivity index (χ0v) is 13.4. The van der Waals surface area contributed by atoms with Crippen molar-refractivity contribution in [3.8, 4) is 0 Å².